The van der Waals surface area contributed by atoms with E-state index in [-0.39, 0.29) is 51.3 Å². The molecule has 228 valence electrons. The molecule has 1 aromatic heterocycles. The molecular formula is C48H30O. The molecule has 0 N–H and O–H groups in total. The van der Waals surface area contributed by atoms with Gasteiger partial charge in [0.25, 0.3) is 0 Å². The summed E-state index contributed by atoms with van der Waals surface area (Å²) in [6.07, 6.45) is 0. The van der Waals surface area contributed by atoms with Crippen molar-refractivity contribution in [3.63, 3.8) is 0 Å². The third kappa shape index (κ3) is 4.40. The smallest absolute Gasteiger partial charge is 0.143 e. The van der Waals surface area contributed by atoms with E-state index in [4.69, 9.17) is 9.90 Å². The number of hydrogen-bond donors (Lipinski definition) is 0. The summed E-state index contributed by atoms with van der Waals surface area (Å²) in [6, 6.07) is 40.1. The van der Waals surface area contributed by atoms with Crippen molar-refractivity contribution >= 4 is 54.1 Å². The van der Waals surface area contributed by atoms with Crippen LogP contribution < -0.4 is 0 Å². The third-order valence-electron chi connectivity index (χ3n) is 9.49. The molecule has 0 spiro atoms. The fraction of sp³-hybridized carbons (Fsp3) is 0. The molecule has 0 saturated carbocycles. The van der Waals surface area contributed by atoms with Crippen molar-refractivity contribution in [2.45, 2.75) is 0 Å². The first kappa shape index (κ1) is 20.7. The van der Waals surface area contributed by atoms with Crippen molar-refractivity contribution in [1.82, 2.24) is 0 Å². The fourth-order valence-corrected chi connectivity index (χ4v) is 7.28. The molecule has 49 heavy (non-hydrogen) atoms. The van der Waals surface area contributed by atoms with Gasteiger partial charge in [0, 0.05) is 22.1 Å². The molecule has 0 bridgehead atoms. The van der Waals surface area contributed by atoms with Crippen molar-refractivity contribution in [3.05, 3.63) is 182 Å². The minimum atomic E-state index is -0.453. The Kier molecular flexibility index (Phi) is 4.69. The zero-order chi connectivity index (χ0) is 39.3. The third-order valence-corrected chi connectivity index (χ3v) is 9.49. The van der Waals surface area contributed by atoms with Gasteiger partial charge in [-0.25, -0.2) is 0 Å². The molecule has 9 aromatic carbocycles. The Morgan fingerprint density at radius 2 is 0.898 bits per heavy atom. The standard InChI is InChI=1S/C48H30O/c1-3-13-31(14-4-1)34-25-28-43-44(30-34)49-48(36-26-27-38-35(29-36)24-23-32-15-7-8-18-37(32)38)47(43)46-41-21-11-9-19-39(41)45(33-16-5-2-6-17-33)40-20-10-12-22-42(40)46/h1-30H/i9D,10D,11D,12D,19D,20D,21D,22D. The van der Waals surface area contributed by atoms with Crippen molar-refractivity contribution < 1.29 is 15.4 Å². The lowest BCUT2D eigenvalue weighted by molar-refractivity contribution is 0.633. The number of benzene rings is 9. The van der Waals surface area contributed by atoms with Gasteiger partial charge < -0.3 is 4.42 Å². The summed E-state index contributed by atoms with van der Waals surface area (Å²) >= 11 is 0. The summed E-state index contributed by atoms with van der Waals surface area (Å²) in [5.41, 5.74) is 4.66. The van der Waals surface area contributed by atoms with Crippen LogP contribution in [0.1, 0.15) is 11.0 Å². The summed E-state index contributed by atoms with van der Waals surface area (Å²) in [5, 5.41) is 5.43. The summed E-state index contributed by atoms with van der Waals surface area (Å²) in [5.74, 6) is 0.403. The summed E-state index contributed by atoms with van der Waals surface area (Å²) in [7, 11) is 0. The van der Waals surface area contributed by atoms with Crippen LogP contribution in [0.25, 0.3) is 98.8 Å². The lowest BCUT2D eigenvalue weighted by Gasteiger charge is -2.18. The van der Waals surface area contributed by atoms with Crippen molar-refractivity contribution in [2.75, 3.05) is 0 Å². The zero-order valence-electron chi connectivity index (χ0n) is 34.1. The van der Waals surface area contributed by atoms with Gasteiger partial charge in [-0.1, -0.05) is 164 Å². The first-order valence-electron chi connectivity index (χ1n) is 20.2. The van der Waals surface area contributed by atoms with E-state index in [9.17, 15) is 5.48 Å². The van der Waals surface area contributed by atoms with Gasteiger partial charge in [0.2, 0.25) is 0 Å². The number of rotatable bonds is 4. The highest BCUT2D eigenvalue weighted by Crippen LogP contribution is 2.50. The van der Waals surface area contributed by atoms with E-state index >= 15 is 0 Å². The Bertz CT molecular complexity index is 3240. The normalized spacial score (nSPS) is 14.0. The number of hydrogen-bond acceptors (Lipinski definition) is 1. The monoisotopic (exact) mass is 630 g/mol. The lowest BCUT2D eigenvalue weighted by Crippen LogP contribution is -1.91. The second-order valence-corrected chi connectivity index (χ2v) is 12.2. The zero-order valence-corrected chi connectivity index (χ0v) is 26.1. The number of fused-ring (bicyclic) bond motifs is 6. The highest BCUT2D eigenvalue weighted by molar-refractivity contribution is 6.25. The molecule has 0 amide bonds. The fourth-order valence-electron chi connectivity index (χ4n) is 7.28. The van der Waals surface area contributed by atoms with Gasteiger partial charge in [-0.3, -0.25) is 0 Å². The molecule has 0 aliphatic heterocycles. The molecule has 0 atom stereocenters. The minimum Gasteiger partial charge on any atom is -0.455 e. The average Bonchev–Trinajstić information content (AvgIpc) is 3.64. The molecule has 0 radical (unpaired) electrons. The van der Waals surface area contributed by atoms with Gasteiger partial charge in [-0.05, 0) is 83.5 Å². The second kappa shape index (κ2) is 11.1. The van der Waals surface area contributed by atoms with Crippen LogP contribution in [0.3, 0.4) is 0 Å². The highest BCUT2D eigenvalue weighted by Gasteiger charge is 2.24. The number of furan rings is 1. The summed E-state index contributed by atoms with van der Waals surface area (Å²) < 4.78 is 80.3. The van der Waals surface area contributed by atoms with Crippen molar-refractivity contribution in [1.29, 1.82) is 0 Å². The molecular weight excluding hydrogens is 593 g/mol. The van der Waals surface area contributed by atoms with Crippen LogP contribution >= 0.6 is 0 Å². The Hall–Kier alpha value is -6.44. The molecule has 1 heterocycles. The maximum Gasteiger partial charge on any atom is 0.143 e. The quantitative estimate of drug-likeness (QED) is 0.139. The van der Waals surface area contributed by atoms with E-state index < -0.39 is 24.2 Å². The van der Waals surface area contributed by atoms with E-state index in [0.717, 1.165) is 32.7 Å². The largest absolute Gasteiger partial charge is 0.455 e. The van der Waals surface area contributed by atoms with E-state index in [0.29, 0.717) is 39.0 Å². The molecule has 1 heteroatoms. The first-order valence-corrected chi connectivity index (χ1v) is 16.2. The highest BCUT2D eigenvalue weighted by atomic mass is 16.3. The topological polar surface area (TPSA) is 13.1 Å². The van der Waals surface area contributed by atoms with E-state index in [2.05, 4.69) is 24.3 Å². The van der Waals surface area contributed by atoms with Crippen LogP contribution in [-0.4, -0.2) is 0 Å². The summed E-state index contributed by atoms with van der Waals surface area (Å²) in [4.78, 5) is 0. The molecule has 1 nitrogen and oxygen atoms in total. The van der Waals surface area contributed by atoms with Crippen LogP contribution in [-0.2, 0) is 0 Å². The molecule has 0 aliphatic carbocycles. The van der Waals surface area contributed by atoms with Gasteiger partial charge in [0.05, 0.1) is 11.0 Å². The van der Waals surface area contributed by atoms with Crippen LogP contribution in [0.2, 0.25) is 0 Å². The van der Waals surface area contributed by atoms with Gasteiger partial charge in [0.15, 0.2) is 0 Å². The predicted octanol–water partition coefficient (Wildman–Crippen LogP) is 13.7. The van der Waals surface area contributed by atoms with E-state index in [1.54, 1.807) is 24.3 Å². The van der Waals surface area contributed by atoms with Crippen LogP contribution in [0, 0.1) is 0 Å². The molecule has 0 aliphatic rings. The first-order chi connectivity index (χ1) is 27.6. The Balaban J connectivity index is 1.44. The minimum absolute atomic E-state index is 0.139. The average molecular weight is 631 g/mol. The molecule has 0 saturated heterocycles. The van der Waals surface area contributed by atoms with Gasteiger partial charge in [0.1, 0.15) is 11.3 Å². The molecule has 10 rings (SSSR count). The molecule has 0 unspecified atom stereocenters. The van der Waals surface area contributed by atoms with Crippen LogP contribution in [0.15, 0.2) is 186 Å². The summed E-state index contributed by atoms with van der Waals surface area (Å²) in [6.45, 7) is 0. The van der Waals surface area contributed by atoms with E-state index in [1.807, 2.05) is 84.9 Å². The molecule has 10 aromatic rings. The van der Waals surface area contributed by atoms with Gasteiger partial charge in [-0.2, -0.15) is 0 Å². The van der Waals surface area contributed by atoms with Gasteiger partial charge >= 0.3 is 0 Å². The Labute approximate surface area is 295 Å². The maximum atomic E-state index is 9.52. The molecule has 0 fully saturated rings. The predicted molar refractivity (Wildman–Crippen MR) is 208 cm³/mol. The second-order valence-electron chi connectivity index (χ2n) is 12.2. The van der Waals surface area contributed by atoms with Gasteiger partial charge in [-0.15, -0.1) is 0 Å². The maximum absolute atomic E-state index is 9.52. The van der Waals surface area contributed by atoms with E-state index in [1.165, 1.54) is 0 Å². The Morgan fingerprint density at radius 1 is 0.347 bits per heavy atom. The van der Waals surface area contributed by atoms with Crippen molar-refractivity contribution in [2.24, 2.45) is 0 Å². The lowest BCUT2D eigenvalue weighted by atomic mass is 9.84. The SMILES string of the molecule is [2H]c1c([2H])c([2H])c2c(-c3c(-c4ccc5c(ccc6ccccc65)c4)oc4cc(-c5ccccc5)ccc34)c3c([2H])c([2H])c([2H])c([2H])c3c(-c3ccccc3)c2c1[2H]. The Morgan fingerprint density at radius 3 is 1.61 bits per heavy atom. The van der Waals surface area contributed by atoms with Crippen LogP contribution in [0.5, 0.6) is 0 Å². The van der Waals surface area contributed by atoms with Crippen LogP contribution in [0.4, 0.5) is 0 Å². The van der Waals surface area contributed by atoms with Crippen molar-refractivity contribution in [3.8, 4) is 44.7 Å².